The minimum Gasteiger partial charge on any atom is -0.481 e. The molecule has 4 nitrogen and oxygen atoms in total. The summed E-state index contributed by atoms with van der Waals surface area (Å²) in [6.07, 6.45) is 2.00. The minimum absolute atomic E-state index is 0.0731. The molecule has 0 aliphatic carbocycles. The van der Waals surface area contributed by atoms with E-state index in [0.29, 0.717) is 11.6 Å². The van der Waals surface area contributed by atoms with Gasteiger partial charge in [-0.05, 0) is 30.5 Å². The molecule has 0 fully saturated rings. The average Bonchev–Trinajstić information content (AvgIpc) is 2.53. The Balaban J connectivity index is 1.95. The van der Waals surface area contributed by atoms with E-state index in [2.05, 4.69) is 11.1 Å². The lowest BCUT2D eigenvalue weighted by atomic mass is 10.0. The third-order valence-corrected chi connectivity index (χ3v) is 3.51. The zero-order valence-corrected chi connectivity index (χ0v) is 11.4. The number of fused-ring (bicyclic) bond motifs is 1. The molecule has 102 valence electrons. The third-order valence-electron chi connectivity index (χ3n) is 3.51. The second-order valence-electron chi connectivity index (χ2n) is 4.75. The van der Waals surface area contributed by atoms with Crippen molar-refractivity contribution in [1.29, 1.82) is 0 Å². The summed E-state index contributed by atoms with van der Waals surface area (Å²) in [5.41, 5.74) is 2.63. The average molecular weight is 268 g/mol. The molecule has 1 aliphatic rings. The fourth-order valence-electron chi connectivity index (χ4n) is 2.53. The van der Waals surface area contributed by atoms with Gasteiger partial charge >= 0.3 is 0 Å². The van der Waals surface area contributed by atoms with Crippen molar-refractivity contribution in [2.75, 3.05) is 18.6 Å². The number of carbonyl (C=O) groups excluding carboxylic acids is 1. The molecule has 1 aromatic heterocycles. The van der Waals surface area contributed by atoms with Crippen molar-refractivity contribution in [2.24, 2.45) is 0 Å². The number of aryl methyl sites for hydroxylation is 1. The fourth-order valence-corrected chi connectivity index (χ4v) is 2.53. The van der Waals surface area contributed by atoms with E-state index >= 15 is 0 Å². The number of nitrogens with zero attached hydrogens (tertiary/aromatic N) is 2. The largest absolute Gasteiger partial charge is 0.481 e. The quantitative estimate of drug-likeness (QED) is 0.841. The summed E-state index contributed by atoms with van der Waals surface area (Å²) in [4.78, 5) is 18.7. The van der Waals surface area contributed by atoms with Crippen LogP contribution < -0.4 is 9.64 Å². The first-order chi connectivity index (χ1) is 9.79. The Morgan fingerprint density at radius 2 is 2.05 bits per heavy atom. The van der Waals surface area contributed by atoms with Crippen LogP contribution in [-0.2, 0) is 6.42 Å². The number of benzene rings is 1. The first kappa shape index (κ1) is 12.7. The topological polar surface area (TPSA) is 42.4 Å². The summed E-state index contributed by atoms with van der Waals surface area (Å²) in [7, 11) is 1.55. The minimum atomic E-state index is -0.0731. The molecule has 1 aromatic carbocycles. The molecule has 0 radical (unpaired) electrons. The van der Waals surface area contributed by atoms with Crippen molar-refractivity contribution in [1.82, 2.24) is 4.98 Å². The molecule has 0 atom stereocenters. The van der Waals surface area contributed by atoms with Gasteiger partial charge in [0.1, 0.15) is 5.69 Å². The van der Waals surface area contributed by atoms with E-state index in [-0.39, 0.29) is 5.91 Å². The summed E-state index contributed by atoms with van der Waals surface area (Å²) in [6.45, 7) is 0.731. The highest BCUT2D eigenvalue weighted by molar-refractivity contribution is 6.05. The van der Waals surface area contributed by atoms with Crippen molar-refractivity contribution in [3.05, 3.63) is 53.7 Å². The van der Waals surface area contributed by atoms with Gasteiger partial charge in [0.2, 0.25) is 5.88 Å². The van der Waals surface area contributed by atoms with Crippen LogP contribution in [0.3, 0.4) is 0 Å². The second-order valence-corrected chi connectivity index (χ2v) is 4.75. The van der Waals surface area contributed by atoms with Crippen LogP contribution in [-0.4, -0.2) is 24.5 Å². The highest BCUT2D eigenvalue weighted by Crippen LogP contribution is 2.27. The number of amides is 1. The van der Waals surface area contributed by atoms with Gasteiger partial charge in [0.25, 0.3) is 5.91 Å². The number of para-hydroxylation sites is 1. The van der Waals surface area contributed by atoms with Gasteiger partial charge in [-0.2, -0.15) is 0 Å². The summed E-state index contributed by atoms with van der Waals surface area (Å²) >= 11 is 0. The molecule has 0 bridgehead atoms. The number of hydrogen-bond acceptors (Lipinski definition) is 3. The number of pyridine rings is 1. The fraction of sp³-hybridized carbons (Fsp3) is 0.250. The maximum atomic E-state index is 12.6. The number of methoxy groups -OCH3 is 1. The lowest BCUT2D eigenvalue weighted by molar-refractivity contribution is 0.0979. The van der Waals surface area contributed by atoms with E-state index in [4.69, 9.17) is 4.74 Å². The molecule has 0 saturated carbocycles. The molecule has 20 heavy (non-hydrogen) atoms. The van der Waals surface area contributed by atoms with E-state index < -0.39 is 0 Å². The highest BCUT2D eigenvalue weighted by Gasteiger charge is 2.24. The predicted octanol–water partition coefficient (Wildman–Crippen LogP) is 2.68. The Bertz CT molecular complexity index is 640. The predicted molar refractivity (Wildman–Crippen MR) is 77.2 cm³/mol. The van der Waals surface area contributed by atoms with Crippen LogP contribution in [0.15, 0.2) is 42.5 Å². The van der Waals surface area contributed by atoms with Gasteiger partial charge in [0, 0.05) is 18.3 Å². The molecule has 2 aromatic rings. The van der Waals surface area contributed by atoms with Gasteiger partial charge in [-0.3, -0.25) is 4.79 Å². The Morgan fingerprint density at radius 3 is 2.90 bits per heavy atom. The maximum absolute atomic E-state index is 12.6. The van der Waals surface area contributed by atoms with E-state index in [1.165, 1.54) is 5.56 Å². The monoisotopic (exact) mass is 268 g/mol. The molecule has 0 spiro atoms. The van der Waals surface area contributed by atoms with Crippen LogP contribution in [0.1, 0.15) is 22.5 Å². The SMILES string of the molecule is COc1cccc(C(=O)N2CCCc3ccccc32)n1. The summed E-state index contributed by atoms with van der Waals surface area (Å²) in [6, 6.07) is 13.3. The number of anilines is 1. The van der Waals surface area contributed by atoms with Crippen LogP contribution >= 0.6 is 0 Å². The first-order valence-electron chi connectivity index (χ1n) is 6.70. The molecule has 4 heteroatoms. The van der Waals surface area contributed by atoms with Crippen molar-refractivity contribution in [3.8, 4) is 5.88 Å². The number of rotatable bonds is 2. The van der Waals surface area contributed by atoms with Crippen LogP contribution in [0, 0.1) is 0 Å². The van der Waals surface area contributed by atoms with E-state index in [0.717, 1.165) is 25.1 Å². The van der Waals surface area contributed by atoms with E-state index in [9.17, 15) is 4.79 Å². The second kappa shape index (κ2) is 5.33. The molecule has 1 amide bonds. The third kappa shape index (κ3) is 2.25. The smallest absolute Gasteiger partial charge is 0.277 e. The molecule has 0 unspecified atom stereocenters. The van der Waals surface area contributed by atoms with Gasteiger partial charge in [-0.1, -0.05) is 24.3 Å². The van der Waals surface area contributed by atoms with Gasteiger partial charge in [0.05, 0.1) is 7.11 Å². The molecular formula is C16H16N2O2. The number of aromatic nitrogens is 1. The molecule has 0 N–H and O–H groups in total. The Kier molecular flexibility index (Phi) is 3.37. The summed E-state index contributed by atoms with van der Waals surface area (Å²) in [5.74, 6) is 0.386. The molecule has 3 rings (SSSR count). The Hall–Kier alpha value is -2.36. The number of carbonyl (C=O) groups is 1. The highest BCUT2D eigenvalue weighted by atomic mass is 16.5. The first-order valence-corrected chi connectivity index (χ1v) is 6.70. The maximum Gasteiger partial charge on any atom is 0.277 e. The van der Waals surface area contributed by atoms with Crippen LogP contribution in [0.25, 0.3) is 0 Å². The standard InChI is InChI=1S/C16H16N2O2/c1-20-15-10-4-8-13(17-15)16(19)18-11-5-7-12-6-2-3-9-14(12)18/h2-4,6,8-10H,5,7,11H2,1H3. The van der Waals surface area contributed by atoms with Gasteiger partial charge in [0.15, 0.2) is 0 Å². The zero-order valence-electron chi connectivity index (χ0n) is 11.4. The van der Waals surface area contributed by atoms with Crippen LogP contribution in [0.4, 0.5) is 5.69 Å². The Morgan fingerprint density at radius 1 is 1.20 bits per heavy atom. The van der Waals surface area contributed by atoms with Crippen LogP contribution in [0.2, 0.25) is 0 Å². The summed E-state index contributed by atoms with van der Waals surface area (Å²) in [5, 5.41) is 0. The van der Waals surface area contributed by atoms with E-state index in [1.807, 2.05) is 18.2 Å². The lowest BCUT2D eigenvalue weighted by Gasteiger charge is -2.29. The number of ether oxygens (including phenoxy) is 1. The molecule has 1 aliphatic heterocycles. The number of hydrogen-bond donors (Lipinski definition) is 0. The van der Waals surface area contributed by atoms with Crippen molar-refractivity contribution >= 4 is 11.6 Å². The Labute approximate surface area is 118 Å². The zero-order chi connectivity index (χ0) is 13.9. The van der Waals surface area contributed by atoms with Crippen molar-refractivity contribution in [2.45, 2.75) is 12.8 Å². The van der Waals surface area contributed by atoms with Crippen LogP contribution in [0.5, 0.6) is 5.88 Å². The molecule has 0 saturated heterocycles. The van der Waals surface area contributed by atoms with Gasteiger partial charge in [-0.25, -0.2) is 4.98 Å². The molecular weight excluding hydrogens is 252 g/mol. The lowest BCUT2D eigenvalue weighted by Crippen LogP contribution is -2.35. The van der Waals surface area contributed by atoms with Gasteiger partial charge in [-0.15, -0.1) is 0 Å². The van der Waals surface area contributed by atoms with Crippen molar-refractivity contribution < 1.29 is 9.53 Å². The van der Waals surface area contributed by atoms with Crippen molar-refractivity contribution in [3.63, 3.8) is 0 Å². The molecule has 2 heterocycles. The van der Waals surface area contributed by atoms with Gasteiger partial charge < -0.3 is 9.64 Å². The van der Waals surface area contributed by atoms with E-state index in [1.54, 1.807) is 30.2 Å². The summed E-state index contributed by atoms with van der Waals surface area (Å²) < 4.78 is 5.08. The normalized spacial score (nSPS) is 13.8.